The third-order valence-corrected chi connectivity index (χ3v) is 3.77. The lowest BCUT2D eigenvalue weighted by Gasteiger charge is -2.23. The molecule has 4 nitrogen and oxygen atoms in total. The third-order valence-electron chi connectivity index (χ3n) is 3.77. The van der Waals surface area contributed by atoms with Crippen molar-refractivity contribution < 1.29 is 9.21 Å². The molecule has 20 heavy (non-hydrogen) atoms. The molecule has 1 atom stereocenters. The summed E-state index contributed by atoms with van der Waals surface area (Å²) in [6, 6.07) is 11.6. The number of hydrogen-bond acceptors (Lipinski definition) is 2. The second kappa shape index (κ2) is 5.41. The molecular formula is C16H18N2O2. The van der Waals surface area contributed by atoms with Crippen LogP contribution in [0.3, 0.4) is 0 Å². The summed E-state index contributed by atoms with van der Waals surface area (Å²) in [5, 5.41) is 2.99. The van der Waals surface area contributed by atoms with E-state index in [1.54, 1.807) is 6.26 Å². The number of anilines is 1. The number of rotatable bonds is 2. The monoisotopic (exact) mass is 270 g/mol. The number of furan rings is 1. The molecule has 1 aromatic heterocycles. The number of carbonyl (C=O) groups excluding carboxylic acids is 1. The van der Waals surface area contributed by atoms with Crippen molar-refractivity contribution in [3.05, 3.63) is 54.0 Å². The number of benzene rings is 1. The number of para-hydroxylation sites is 1. The van der Waals surface area contributed by atoms with Crippen LogP contribution >= 0.6 is 0 Å². The maximum atomic E-state index is 12.4. The topological polar surface area (TPSA) is 45.5 Å². The van der Waals surface area contributed by atoms with Crippen molar-refractivity contribution in [2.75, 3.05) is 11.9 Å². The first kappa shape index (κ1) is 12.8. The minimum Gasteiger partial charge on any atom is -0.467 e. The highest BCUT2D eigenvalue weighted by Crippen LogP contribution is 2.32. The summed E-state index contributed by atoms with van der Waals surface area (Å²) in [6.45, 7) is 2.76. The number of carbonyl (C=O) groups is 1. The van der Waals surface area contributed by atoms with Crippen molar-refractivity contribution in [3.63, 3.8) is 0 Å². The van der Waals surface area contributed by atoms with E-state index in [2.05, 4.69) is 5.32 Å². The first-order chi connectivity index (χ1) is 9.75. The molecule has 1 aliphatic heterocycles. The zero-order chi connectivity index (χ0) is 13.9. The van der Waals surface area contributed by atoms with E-state index >= 15 is 0 Å². The zero-order valence-electron chi connectivity index (χ0n) is 11.5. The van der Waals surface area contributed by atoms with E-state index in [9.17, 15) is 4.79 Å². The Morgan fingerprint density at radius 3 is 2.90 bits per heavy atom. The van der Waals surface area contributed by atoms with E-state index in [-0.39, 0.29) is 12.1 Å². The van der Waals surface area contributed by atoms with E-state index in [0.29, 0.717) is 0 Å². The Bertz CT molecular complexity index is 592. The predicted octanol–water partition coefficient (Wildman–Crippen LogP) is 3.96. The highest BCUT2D eigenvalue weighted by molar-refractivity contribution is 5.90. The summed E-state index contributed by atoms with van der Waals surface area (Å²) in [4.78, 5) is 14.3. The average molecular weight is 270 g/mol. The smallest absolute Gasteiger partial charge is 0.322 e. The third kappa shape index (κ3) is 2.41. The van der Waals surface area contributed by atoms with Gasteiger partial charge in [0.1, 0.15) is 5.76 Å². The summed E-state index contributed by atoms with van der Waals surface area (Å²) in [5.41, 5.74) is 1.93. The fraction of sp³-hybridized carbons (Fsp3) is 0.312. The maximum absolute atomic E-state index is 12.4. The van der Waals surface area contributed by atoms with E-state index < -0.39 is 0 Å². The van der Waals surface area contributed by atoms with Gasteiger partial charge in [0.05, 0.1) is 12.3 Å². The molecule has 1 aromatic carbocycles. The van der Waals surface area contributed by atoms with Crippen LogP contribution in [0.15, 0.2) is 47.1 Å². The zero-order valence-corrected chi connectivity index (χ0v) is 11.5. The lowest BCUT2D eigenvalue weighted by Crippen LogP contribution is -2.34. The van der Waals surface area contributed by atoms with Crippen LogP contribution in [-0.4, -0.2) is 17.5 Å². The molecule has 3 rings (SSSR count). The lowest BCUT2D eigenvalue weighted by atomic mass is 10.1. The average Bonchev–Trinajstić information content (AvgIpc) is 3.11. The Morgan fingerprint density at radius 2 is 2.15 bits per heavy atom. The van der Waals surface area contributed by atoms with Gasteiger partial charge in [-0.2, -0.15) is 0 Å². The van der Waals surface area contributed by atoms with Crippen LogP contribution in [0.25, 0.3) is 0 Å². The van der Waals surface area contributed by atoms with Crippen LogP contribution in [0.1, 0.15) is 30.2 Å². The van der Waals surface area contributed by atoms with Crippen LogP contribution < -0.4 is 5.32 Å². The molecular weight excluding hydrogens is 252 g/mol. The number of aryl methyl sites for hydroxylation is 1. The molecule has 104 valence electrons. The molecule has 1 unspecified atom stereocenters. The molecule has 2 aromatic rings. The Labute approximate surface area is 118 Å². The van der Waals surface area contributed by atoms with Gasteiger partial charge in [0.15, 0.2) is 0 Å². The highest BCUT2D eigenvalue weighted by Gasteiger charge is 2.31. The van der Waals surface area contributed by atoms with Crippen molar-refractivity contribution in [2.45, 2.75) is 25.8 Å². The van der Waals surface area contributed by atoms with E-state index in [4.69, 9.17) is 4.42 Å². The fourth-order valence-corrected chi connectivity index (χ4v) is 2.69. The number of amides is 2. The van der Waals surface area contributed by atoms with Crippen molar-refractivity contribution in [1.29, 1.82) is 0 Å². The van der Waals surface area contributed by atoms with Gasteiger partial charge in [-0.05, 0) is 43.5 Å². The summed E-state index contributed by atoms with van der Waals surface area (Å²) in [6.07, 6.45) is 3.62. The van der Waals surface area contributed by atoms with E-state index in [1.165, 1.54) is 0 Å². The van der Waals surface area contributed by atoms with Crippen molar-refractivity contribution in [3.8, 4) is 0 Å². The Kier molecular flexibility index (Phi) is 3.46. The molecule has 1 fully saturated rings. The number of nitrogens with zero attached hydrogens (tertiary/aromatic N) is 1. The summed E-state index contributed by atoms with van der Waals surface area (Å²) in [5.74, 6) is 0.863. The Hall–Kier alpha value is -2.23. The second-order valence-corrected chi connectivity index (χ2v) is 5.11. The first-order valence-electron chi connectivity index (χ1n) is 6.92. The van der Waals surface area contributed by atoms with E-state index in [0.717, 1.165) is 36.4 Å². The van der Waals surface area contributed by atoms with Gasteiger partial charge in [-0.15, -0.1) is 0 Å². The molecule has 0 saturated carbocycles. The fourth-order valence-electron chi connectivity index (χ4n) is 2.69. The SMILES string of the molecule is Cc1ccccc1NC(=O)N1CCCC1c1ccco1. The van der Waals surface area contributed by atoms with Crippen LogP contribution in [0.4, 0.5) is 10.5 Å². The number of hydrogen-bond donors (Lipinski definition) is 1. The molecule has 0 radical (unpaired) electrons. The van der Waals surface area contributed by atoms with Gasteiger partial charge >= 0.3 is 6.03 Å². The van der Waals surface area contributed by atoms with Gasteiger partial charge in [0, 0.05) is 12.2 Å². The van der Waals surface area contributed by atoms with Crippen molar-refractivity contribution in [2.24, 2.45) is 0 Å². The van der Waals surface area contributed by atoms with Crippen molar-refractivity contribution >= 4 is 11.7 Å². The quantitative estimate of drug-likeness (QED) is 0.897. The van der Waals surface area contributed by atoms with Gasteiger partial charge in [0.25, 0.3) is 0 Å². The largest absolute Gasteiger partial charge is 0.467 e. The summed E-state index contributed by atoms with van der Waals surface area (Å²) >= 11 is 0. The molecule has 1 saturated heterocycles. The molecule has 0 spiro atoms. The number of urea groups is 1. The van der Waals surface area contributed by atoms with Crippen LogP contribution in [0.5, 0.6) is 0 Å². The molecule has 1 aliphatic rings. The van der Waals surface area contributed by atoms with Gasteiger partial charge < -0.3 is 14.6 Å². The molecule has 2 heterocycles. The van der Waals surface area contributed by atoms with Gasteiger partial charge in [-0.3, -0.25) is 0 Å². The van der Waals surface area contributed by atoms with Gasteiger partial charge in [-0.1, -0.05) is 18.2 Å². The number of nitrogens with one attached hydrogen (secondary N) is 1. The van der Waals surface area contributed by atoms with E-state index in [1.807, 2.05) is 48.2 Å². The lowest BCUT2D eigenvalue weighted by molar-refractivity contribution is 0.200. The minimum atomic E-state index is -0.0572. The second-order valence-electron chi connectivity index (χ2n) is 5.11. The normalized spacial score (nSPS) is 18.2. The Balaban J connectivity index is 1.75. The van der Waals surface area contributed by atoms with Gasteiger partial charge in [0.2, 0.25) is 0 Å². The summed E-state index contributed by atoms with van der Waals surface area (Å²) in [7, 11) is 0. The van der Waals surface area contributed by atoms with Crippen molar-refractivity contribution in [1.82, 2.24) is 4.90 Å². The molecule has 0 bridgehead atoms. The molecule has 1 N–H and O–H groups in total. The molecule has 4 heteroatoms. The number of likely N-dealkylation sites (tertiary alicyclic amines) is 1. The Morgan fingerprint density at radius 1 is 1.30 bits per heavy atom. The highest BCUT2D eigenvalue weighted by atomic mass is 16.3. The predicted molar refractivity (Wildman–Crippen MR) is 77.6 cm³/mol. The summed E-state index contributed by atoms with van der Waals surface area (Å²) < 4.78 is 5.45. The molecule has 2 amide bonds. The maximum Gasteiger partial charge on any atom is 0.322 e. The standard InChI is InChI=1S/C16H18N2O2/c1-12-6-2-3-7-13(12)17-16(19)18-10-4-8-14(18)15-9-5-11-20-15/h2-3,5-7,9,11,14H,4,8,10H2,1H3,(H,17,19). The van der Waals surface area contributed by atoms with Crippen LogP contribution in [-0.2, 0) is 0 Å². The first-order valence-corrected chi connectivity index (χ1v) is 6.92. The van der Waals surface area contributed by atoms with Crippen LogP contribution in [0, 0.1) is 6.92 Å². The molecule has 0 aliphatic carbocycles. The minimum absolute atomic E-state index is 0.0500. The van der Waals surface area contributed by atoms with Crippen LogP contribution in [0.2, 0.25) is 0 Å². The van der Waals surface area contributed by atoms with Gasteiger partial charge in [-0.25, -0.2) is 4.79 Å².